The van der Waals surface area contributed by atoms with Crippen molar-refractivity contribution in [3.8, 4) is 11.5 Å². The Kier molecular flexibility index (Phi) is 9.42. The molecule has 0 saturated heterocycles. The topological polar surface area (TPSA) is 101 Å². The van der Waals surface area contributed by atoms with Crippen LogP contribution in [-0.2, 0) is 17.9 Å². The number of anilines is 1. The maximum Gasteiger partial charge on any atom is 0.322 e. The Hall–Kier alpha value is -5.05. The first-order valence-corrected chi connectivity index (χ1v) is 13.0. The number of ether oxygens (including phenoxy) is 2. The third-order valence-electron chi connectivity index (χ3n) is 6.54. The zero-order valence-corrected chi connectivity index (χ0v) is 23.4. The molecule has 0 radical (unpaired) electrons. The maximum absolute atomic E-state index is 13.7. The number of hydrogen-bond acceptors (Lipinski definition) is 6. The lowest BCUT2D eigenvalue weighted by Gasteiger charge is -2.27. The van der Waals surface area contributed by atoms with Crippen molar-refractivity contribution in [2.24, 2.45) is 0 Å². The van der Waals surface area contributed by atoms with Gasteiger partial charge in [-0.05, 0) is 36.8 Å². The monoisotopic (exact) mass is 555 g/mol. The van der Waals surface area contributed by atoms with Crippen molar-refractivity contribution >= 4 is 28.6 Å². The van der Waals surface area contributed by atoms with E-state index >= 15 is 0 Å². The predicted molar refractivity (Wildman–Crippen MR) is 158 cm³/mol. The average Bonchev–Trinajstić information content (AvgIpc) is 2.98. The van der Waals surface area contributed by atoms with E-state index in [0.717, 1.165) is 11.1 Å². The van der Waals surface area contributed by atoms with Crippen LogP contribution in [0.25, 0.3) is 11.0 Å². The molecule has 4 rings (SSSR count). The fourth-order valence-corrected chi connectivity index (χ4v) is 4.37. The Morgan fingerprint density at radius 3 is 2.46 bits per heavy atom. The minimum atomic E-state index is -0.512. The van der Waals surface area contributed by atoms with Crippen LogP contribution in [-0.4, -0.2) is 49.0 Å². The van der Waals surface area contributed by atoms with E-state index in [0.29, 0.717) is 33.7 Å². The highest BCUT2D eigenvalue weighted by atomic mass is 16.5. The van der Waals surface area contributed by atoms with Gasteiger partial charge in [0, 0.05) is 19.2 Å². The number of amides is 3. The number of rotatable bonds is 11. The zero-order chi connectivity index (χ0) is 29.4. The Labute approximate surface area is 238 Å². The number of carbonyl (C=O) groups excluding carboxylic acids is 2. The molecule has 0 bridgehead atoms. The quantitative estimate of drug-likeness (QED) is 0.250. The van der Waals surface area contributed by atoms with Crippen molar-refractivity contribution < 1.29 is 23.5 Å². The molecule has 3 aromatic carbocycles. The summed E-state index contributed by atoms with van der Waals surface area (Å²) in [5.74, 6) is 0.630. The molecule has 0 atom stereocenters. The number of methoxy groups -OCH3 is 2. The molecule has 0 saturated carbocycles. The maximum atomic E-state index is 13.7. The molecule has 1 heterocycles. The van der Waals surface area contributed by atoms with E-state index in [1.807, 2.05) is 43.3 Å². The lowest BCUT2D eigenvalue weighted by atomic mass is 10.1. The molecule has 9 heteroatoms. The van der Waals surface area contributed by atoms with Gasteiger partial charge in [0.05, 0.1) is 43.7 Å². The molecule has 9 nitrogen and oxygen atoms in total. The number of urea groups is 1. The number of hydrogen-bond donors (Lipinski definition) is 1. The highest BCUT2D eigenvalue weighted by Gasteiger charge is 2.23. The van der Waals surface area contributed by atoms with Gasteiger partial charge >= 0.3 is 6.03 Å². The first kappa shape index (κ1) is 28.9. The van der Waals surface area contributed by atoms with E-state index in [-0.39, 0.29) is 37.5 Å². The van der Waals surface area contributed by atoms with Gasteiger partial charge in [0.15, 0.2) is 5.43 Å². The van der Waals surface area contributed by atoms with E-state index in [2.05, 4.69) is 11.9 Å². The fourth-order valence-electron chi connectivity index (χ4n) is 4.37. The van der Waals surface area contributed by atoms with Crippen molar-refractivity contribution in [3.05, 3.63) is 113 Å². The molecule has 4 aromatic rings. The van der Waals surface area contributed by atoms with E-state index < -0.39 is 6.03 Å². The summed E-state index contributed by atoms with van der Waals surface area (Å²) in [6.07, 6.45) is 2.94. The Morgan fingerprint density at radius 1 is 0.976 bits per heavy atom. The van der Waals surface area contributed by atoms with Crippen LogP contribution >= 0.6 is 0 Å². The summed E-state index contributed by atoms with van der Waals surface area (Å²) >= 11 is 0. The number of fused-ring (bicyclic) bond motifs is 1. The molecule has 0 aliphatic heterocycles. The average molecular weight is 556 g/mol. The predicted octanol–water partition coefficient (Wildman–Crippen LogP) is 5.37. The van der Waals surface area contributed by atoms with Crippen LogP contribution in [0.1, 0.15) is 16.7 Å². The Morgan fingerprint density at radius 2 is 1.76 bits per heavy atom. The summed E-state index contributed by atoms with van der Waals surface area (Å²) in [5, 5.41) is 3.25. The molecule has 41 heavy (non-hydrogen) atoms. The van der Waals surface area contributed by atoms with Crippen LogP contribution in [0, 0.1) is 6.92 Å². The van der Waals surface area contributed by atoms with Crippen molar-refractivity contribution in [2.75, 3.05) is 32.6 Å². The molecule has 1 aromatic heterocycles. The molecule has 0 fully saturated rings. The van der Waals surface area contributed by atoms with Gasteiger partial charge in [-0.3, -0.25) is 9.59 Å². The lowest BCUT2D eigenvalue weighted by molar-refractivity contribution is -0.133. The highest BCUT2D eigenvalue weighted by molar-refractivity contribution is 5.94. The van der Waals surface area contributed by atoms with Crippen molar-refractivity contribution in [1.29, 1.82) is 0 Å². The van der Waals surface area contributed by atoms with Gasteiger partial charge in [0.1, 0.15) is 23.6 Å². The largest absolute Gasteiger partial charge is 0.497 e. The Bertz CT molecular complexity index is 1600. The second-order valence-electron chi connectivity index (χ2n) is 9.49. The Balaban J connectivity index is 1.59. The second kappa shape index (κ2) is 13.3. The fraction of sp³-hybridized carbons (Fsp3) is 0.219. The number of benzene rings is 3. The molecule has 1 N–H and O–H groups in total. The van der Waals surface area contributed by atoms with Crippen LogP contribution < -0.4 is 20.2 Å². The first-order chi connectivity index (χ1) is 19.8. The number of carbonyl (C=O) groups is 2. The summed E-state index contributed by atoms with van der Waals surface area (Å²) in [6.45, 7) is 5.76. The summed E-state index contributed by atoms with van der Waals surface area (Å²) < 4.78 is 16.3. The molecule has 212 valence electrons. The van der Waals surface area contributed by atoms with Gasteiger partial charge in [0.2, 0.25) is 5.91 Å². The summed E-state index contributed by atoms with van der Waals surface area (Å²) in [6, 6.07) is 19.3. The third-order valence-corrected chi connectivity index (χ3v) is 6.54. The zero-order valence-electron chi connectivity index (χ0n) is 23.4. The number of nitrogens with one attached hydrogen (secondary N) is 1. The second-order valence-corrected chi connectivity index (χ2v) is 9.49. The van der Waals surface area contributed by atoms with Crippen molar-refractivity contribution in [1.82, 2.24) is 9.80 Å². The van der Waals surface area contributed by atoms with Crippen molar-refractivity contribution in [2.45, 2.75) is 20.0 Å². The van der Waals surface area contributed by atoms with Gasteiger partial charge in [-0.1, -0.05) is 48.0 Å². The van der Waals surface area contributed by atoms with Gasteiger partial charge in [-0.25, -0.2) is 4.79 Å². The molecular formula is C32H33N3O6. The van der Waals surface area contributed by atoms with Gasteiger partial charge in [-0.15, -0.1) is 6.58 Å². The number of aryl methyl sites for hydroxylation is 1. The van der Waals surface area contributed by atoms with Crippen LogP contribution in [0.15, 0.2) is 94.9 Å². The summed E-state index contributed by atoms with van der Waals surface area (Å²) in [7, 11) is 3.02. The van der Waals surface area contributed by atoms with E-state index in [1.54, 1.807) is 41.3 Å². The molecule has 0 aliphatic carbocycles. The van der Waals surface area contributed by atoms with Crippen LogP contribution in [0.5, 0.6) is 11.5 Å². The molecule has 3 amide bonds. The lowest BCUT2D eigenvalue weighted by Crippen LogP contribution is -2.44. The summed E-state index contributed by atoms with van der Waals surface area (Å²) in [5.41, 5.74) is 2.85. The van der Waals surface area contributed by atoms with Gasteiger partial charge < -0.3 is 29.0 Å². The van der Waals surface area contributed by atoms with Gasteiger partial charge in [-0.2, -0.15) is 0 Å². The highest BCUT2D eigenvalue weighted by Crippen LogP contribution is 2.29. The first-order valence-electron chi connectivity index (χ1n) is 13.0. The van der Waals surface area contributed by atoms with E-state index in [1.165, 1.54) is 25.4 Å². The van der Waals surface area contributed by atoms with Crippen molar-refractivity contribution in [3.63, 3.8) is 0 Å². The molecular weight excluding hydrogens is 522 g/mol. The molecule has 0 unspecified atom stereocenters. The summed E-state index contributed by atoms with van der Waals surface area (Å²) in [4.78, 5) is 43.2. The standard InChI is InChI=1S/C32H33N3O6/c1-5-15-34(32(38)33-27-13-12-25(39-3)17-29(27)40-4)20-30(36)35(18-23-9-7-6-8-10-23)19-24-21-41-28-14-11-22(2)16-26(28)31(24)37/h5-14,16-17,21H,1,15,18-20H2,2-4H3,(H,33,38). The minimum absolute atomic E-state index is 0.00972. The third kappa shape index (κ3) is 7.13. The van der Waals surface area contributed by atoms with E-state index in [4.69, 9.17) is 13.9 Å². The smallest absolute Gasteiger partial charge is 0.322 e. The van der Waals surface area contributed by atoms with Gasteiger partial charge in [0.25, 0.3) is 0 Å². The SMILES string of the molecule is C=CCN(CC(=O)N(Cc1ccccc1)Cc1coc2ccc(C)cc2c1=O)C(=O)Nc1ccc(OC)cc1OC. The molecule has 0 aliphatic rings. The van der Waals surface area contributed by atoms with Crippen LogP contribution in [0.2, 0.25) is 0 Å². The number of nitrogens with zero attached hydrogens (tertiary/aromatic N) is 2. The minimum Gasteiger partial charge on any atom is -0.497 e. The van der Waals surface area contributed by atoms with Crippen LogP contribution in [0.3, 0.4) is 0 Å². The van der Waals surface area contributed by atoms with E-state index in [9.17, 15) is 14.4 Å². The molecule has 0 spiro atoms. The normalized spacial score (nSPS) is 10.6. The van der Waals surface area contributed by atoms with Crippen LogP contribution in [0.4, 0.5) is 10.5 Å².